The molecular weight excluding hydrogens is 248 g/mol. The van der Waals surface area contributed by atoms with Gasteiger partial charge in [-0.15, -0.1) is 0 Å². The van der Waals surface area contributed by atoms with Crippen molar-refractivity contribution in [1.29, 1.82) is 0 Å². The molecule has 4 heteroatoms. The van der Waals surface area contributed by atoms with Gasteiger partial charge in [-0.3, -0.25) is 0 Å². The third-order valence-corrected chi connectivity index (χ3v) is 4.06. The van der Waals surface area contributed by atoms with E-state index >= 15 is 0 Å². The van der Waals surface area contributed by atoms with Crippen LogP contribution in [0.25, 0.3) is 10.9 Å². The van der Waals surface area contributed by atoms with Gasteiger partial charge in [0.2, 0.25) is 5.95 Å². The van der Waals surface area contributed by atoms with Gasteiger partial charge in [-0.05, 0) is 30.9 Å². The third-order valence-electron chi connectivity index (χ3n) is 4.06. The molecule has 1 aliphatic heterocycles. The molecule has 0 N–H and O–H groups in total. The van der Waals surface area contributed by atoms with Crippen LogP contribution >= 0.6 is 0 Å². The molecule has 0 aliphatic carbocycles. The SMILES string of the molecule is CC1CCN(c2nc(N(C)C)c3ccccc3n2)CC1. The Kier molecular flexibility index (Phi) is 3.47. The highest BCUT2D eigenvalue weighted by Gasteiger charge is 2.19. The van der Waals surface area contributed by atoms with Crippen LogP contribution in [0.3, 0.4) is 0 Å². The lowest BCUT2D eigenvalue weighted by Gasteiger charge is -2.31. The zero-order chi connectivity index (χ0) is 14.1. The lowest BCUT2D eigenvalue weighted by molar-refractivity contribution is 0.435. The largest absolute Gasteiger partial charge is 0.362 e. The molecule has 1 aliphatic rings. The van der Waals surface area contributed by atoms with Gasteiger partial charge in [0.05, 0.1) is 5.52 Å². The Morgan fingerprint density at radius 3 is 2.50 bits per heavy atom. The topological polar surface area (TPSA) is 32.3 Å². The third kappa shape index (κ3) is 2.42. The molecule has 1 saturated heterocycles. The highest BCUT2D eigenvalue weighted by molar-refractivity contribution is 5.90. The van der Waals surface area contributed by atoms with Crippen LogP contribution in [0.4, 0.5) is 11.8 Å². The van der Waals surface area contributed by atoms with Crippen molar-refractivity contribution < 1.29 is 0 Å². The minimum absolute atomic E-state index is 0.819. The average Bonchev–Trinajstić information content (AvgIpc) is 2.46. The van der Waals surface area contributed by atoms with Crippen molar-refractivity contribution in [3.05, 3.63) is 24.3 Å². The highest BCUT2D eigenvalue weighted by atomic mass is 15.3. The first-order valence-corrected chi connectivity index (χ1v) is 7.34. The number of para-hydroxylation sites is 1. The van der Waals surface area contributed by atoms with Crippen LogP contribution in [0.2, 0.25) is 0 Å². The summed E-state index contributed by atoms with van der Waals surface area (Å²) in [5.41, 5.74) is 1.03. The van der Waals surface area contributed by atoms with Gasteiger partial charge < -0.3 is 9.80 Å². The molecule has 4 nitrogen and oxygen atoms in total. The Morgan fingerprint density at radius 1 is 1.10 bits per heavy atom. The van der Waals surface area contributed by atoms with E-state index in [0.29, 0.717) is 0 Å². The maximum absolute atomic E-state index is 4.79. The Hall–Kier alpha value is -1.84. The zero-order valence-corrected chi connectivity index (χ0v) is 12.5. The number of aromatic nitrogens is 2. The summed E-state index contributed by atoms with van der Waals surface area (Å²) in [5.74, 6) is 2.70. The van der Waals surface area contributed by atoms with Crippen LogP contribution in [-0.2, 0) is 0 Å². The van der Waals surface area contributed by atoms with Crippen LogP contribution in [0, 0.1) is 5.92 Å². The van der Waals surface area contributed by atoms with E-state index < -0.39 is 0 Å². The Bertz CT molecular complexity index is 600. The molecule has 0 spiro atoms. The van der Waals surface area contributed by atoms with Gasteiger partial charge in [0, 0.05) is 32.6 Å². The molecule has 1 aromatic heterocycles. The molecule has 0 atom stereocenters. The van der Waals surface area contributed by atoms with Gasteiger partial charge in [-0.1, -0.05) is 19.1 Å². The number of fused-ring (bicyclic) bond motifs is 1. The maximum atomic E-state index is 4.79. The maximum Gasteiger partial charge on any atom is 0.227 e. The van der Waals surface area contributed by atoms with Gasteiger partial charge in [0.15, 0.2) is 0 Å². The standard InChI is InChI=1S/C16H22N4/c1-12-8-10-20(11-9-12)16-17-14-7-5-4-6-13(14)15(18-16)19(2)3/h4-7,12H,8-11H2,1-3H3. The lowest BCUT2D eigenvalue weighted by Crippen LogP contribution is -2.34. The second kappa shape index (κ2) is 5.27. The fourth-order valence-electron chi connectivity index (χ4n) is 2.74. The van der Waals surface area contributed by atoms with Gasteiger partial charge in [0.1, 0.15) is 5.82 Å². The molecule has 2 aromatic rings. The monoisotopic (exact) mass is 270 g/mol. The number of nitrogens with zero attached hydrogens (tertiary/aromatic N) is 4. The molecule has 0 bridgehead atoms. The van der Waals surface area contributed by atoms with Gasteiger partial charge in [-0.25, -0.2) is 4.98 Å². The molecule has 0 saturated carbocycles. The summed E-state index contributed by atoms with van der Waals surface area (Å²) in [6.07, 6.45) is 2.46. The van der Waals surface area contributed by atoms with Crippen molar-refractivity contribution in [2.75, 3.05) is 37.0 Å². The summed E-state index contributed by atoms with van der Waals surface area (Å²) in [5, 5.41) is 1.12. The van der Waals surface area contributed by atoms with E-state index in [4.69, 9.17) is 9.97 Å². The normalized spacial score (nSPS) is 16.6. The number of benzene rings is 1. The highest BCUT2D eigenvalue weighted by Crippen LogP contribution is 2.27. The van der Waals surface area contributed by atoms with Crippen molar-refractivity contribution in [2.45, 2.75) is 19.8 Å². The van der Waals surface area contributed by atoms with E-state index in [1.165, 1.54) is 12.8 Å². The number of anilines is 2. The number of hydrogen-bond donors (Lipinski definition) is 0. The molecule has 2 heterocycles. The summed E-state index contributed by atoms with van der Waals surface area (Å²) in [7, 11) is 4.08. The Balaban J connectivity index is 2.03. The van der Waals surface area contributed by atoms with E-state index in [2.05, 4.69) is 28.9 Å². The molecule has 0 radical (unpaired) electrons. The van der Waals surface area contributed by atoms with E-state index in [1.54, 1.807) is 0 Å². The predicted octanol–water partition coefficient (Wildman–Crippen LogP) is 2.93. The van der Waals surface area contributed by atoms with Gasteiger partial charge >= 0.3 is 0 Å². The average molecular weight is 270 g/mol. The first kappa shape index (κ1) is 13.2. The van der Waals surface area contributed by atoms with Crippen molar-refractivity contribution in [3.63, 3.8) is 0 Å². The quantitative estimate of drug-likeness (QED) is 0.840. The first-order valence-electron chi connectivity index (χ1n) is 7.34. The lowest BCUT2D eigenvalue weighted by atomic mass is 10.00. The first-order chi connectivity index (χ1) is 9.65. The summed E-state index contributed by atoms with van der Waals surface area (Å²) in [4.78, 5) is 13.9. The summed E-state index contributed by atoms with van der Waals surface area (Å²) in [6.45, 7) is 4.45. The zero-order valence-electron chi connectivity index (χ0n) is 12.5. The van der Waals surface area contributed by atoms with Gasteiger partial charge in [0.25, 0.3) is 0 Å². The van der Waals surface area contributed by atoms with Crippen LogP contribution < -0.4 is 9.80 Å². The van der Waals surface area contributed by atoms with Crippen molar-refractivity contribution in [2.24, 2.45) is 5.92 Å². The number of piperidine rings is 1. The molecule has 106 valence electrons. The van der Waals surface area contributed by atoms with E-state index in [9.17, 15) is 0 Å². The second-order valence-electron chi connectivity index (χ2n) is 5.93. The fraction of sp³-hybridized carbons (Fsp3) is 0.500. The summed E-state index contributed by atoms with van der Waals surface area (Å²) in [6, 6.07) is 8.24. The number of hydrogen-bond acceptors (Lipinski definition) is 4. The minimum atomic E-state index is 0.819. The van der Waals surface area contributed by atoms with E-state index in [-0.39, 0.29) is 0 Å². The number of rotatable bonds is 2. The molecule has 0 unspecified atom stereocenters. The van der Waals surface area contributed by atoms with Crippen LogP contribution in [0.5, 0.6) is 0 Å². The molecular formula is C16H22N4. The fourth-order valence-corrected chi connectivity index (χ4v) is 2.74. The summed E-state index contributed by atoms with van der Waals surface area (Å²) < 4.78 is 0. The summed E-state index contributed by atoms with van der Waals surface area (Å²) >= 11 is 0. The molecule has 1 fully saturated rings. The van der Waals surface area contributed by atoms with Crippen LogP contribution in [-0.4, -0.2) is 37.2 Å². The van der Waals surface area contributed by atoms with Crippen molar-refractivity contribution in [1.82, 2.24) is 9.97 Å². The molecule has 1 aromatic carbocycles. The van der Waals surface area contributed by atoms with Crippen molar-refractivity contribution in [3.8, 4) is 0 Å². The smallest absolute Gasteiger partial charge is 0.227 e. The molecule has 3 rings (SSSR count). The van der Waals surface area contributed by atoms with Crippen LogP contribution in [0.1, 0.15) is 19.8 Å². The molecule has 0 amide bonds. The predicted molar refractivity (Wildman–Crippen MR) is 84.5 cm³/mol. The van der Waals surface area contributed by atoms with Crippen LogP contribution in [0.15, 0.2) is 24.3 Å². The van der Waals surface area contributed by atoms with E-state index in [1.807, 2.05) is 26.2 Å². The Labute approximate surface area is 120 Å². The van der Waals surface area contributed by atoms with Crippen molar-refractivity contribution >= 4 is 22.7 Å². The minimum Gasteiger partial charge on any atom is -0.362 e. The Morgan fingerprint density at radius 2 is 1.80 bits per heavy atom. The van der Waals surface area contributed by atoms with E-state index in [0.717, 1.165) is 41.7 Å². The van der Waals surface area contributed by atoms with Gasteiger partial charge in [-0.2, -0.15) is 4.98 Å². The second-order valence-corrected chi connectivity index (χ2v) is 5.93. The molecule has 20 heavy (non-hydrogen) atoms.